The van der Waals surface area contributed by atoms with E-state index < -0.39 is 0 Å². The molecule has 2 nitrogen and oxygen atoms in total. The van der Waals surface area contributed by atoms with Crippen molar-refractivity contribution in [2.45, 2.75) is 31.0 Å². The fraction of sp³-hybridized carbons (Fsp3) is 1.00. The van der Waals surface area contributed by atoms with Gasteiger partial charge in [-0.15, -0.1) is 0 Å². The van der Waals surface area contributed by atoms with Gasteiger partial charge in [0.2, 0.25) is 0 Å². The van der Waals surface area contributed by atoms with E-state index in [0.29, 0.717) is 6.10 Å². The highest BCUT2D eigenvalue weighted by molar-refractivity contribution is 8.01. The van der Waals surface area contributed by atoms with Gasteiger partial charge in [-0.2, -0.15) is 0 Å². The third-order valence-electron chi connectivity index (χ3n) is 1.22. The van der Waals surface area contributed by atoms with E-state index in [4.69, 9.17) is 8.92 Å². The van der Waals surface area contributed by atoms with E-state index in [0.717, 1.165) is 0 Å². The third kappa shape index (κ3) is 0.989. The second-order valence-electron chi connectivity index (χ2n) is 2.35. The van der Waals surface area contributed by atoms with Crippen molar-refractivity contribution in [1.29, 1.82) is 0 Å². The van der Waals surface area contributed by atoms with Gasteiger partial charge in [-0.05, 0) is 12.8 Å². The van der Waals surface area contributed by atoms with Crippen LogP contribution in [0, 0.1) is 0 Å². The summed E-state index contributed by atoms with van der Waals surface area (Å²) in [6, 6.07) is 0. The summed E-state index contributed by atoms with van der Waals surface area (Å²) in [5.41, 5.74) is 0. The summed E-state index contributed by atoms with van der Waals surface area (Å²) in [5.74, 6) is 0. The molecule has 1 saturated heterocycles. The Bertz CT molecular complexity index is 107. The maximum absolute atomic E-state index is 5.40. The second kappa shape index (κ2) is 1.40. The molecule has 1 unspecified atom stereocenters. The Morgan fingerprint density at radius 1 is 1.75 bits per heavy atom. The Balaban J connectivity index is 1.81. The average Bonchev–Trinajstić information content (AvgIpc) is 2.49. The van der Waals surface area contributed by atoms with E-state index in [1.807, 2.05) is 6.92 Å². The first kappa shape index (κ1) is 5.09. The first-order valence-corrected chi connectivity index (χ1v) is 3.57. The molecule has 3 heteroatoms. The van der Waals surface area contributed by atoms with Crippen molar-refractivity contribution in [3.8, 4) is 0 Å². The molecule has 1 aliphatic carbocycles. The molecule has 0 aromatic heterocycles. The summed E-state index contributed by atoms with van der Waals surface area (Å²) >= 11 is 1.42. The zero-order valence-electron chi connectivity index (χ0n) is 4.72. The number of rotatable bonds is 2. The summed E-state index contributed by atoms with van der Waals surface area (Å²) in [5, 5.41) is -0.249. The minimum absolute atomic E-state index is 0.249. The van der Waals surface area contributed by atoms with E-state index in [1.165, 1.54) is 24.9 Å². The lowest BCUT2D eigenvalue weighted by atomic mass is 10.7. The van der Waals surface area contributed by atoms with Gasteiger partial charge in [0.15, 0.2) is 0 Å². The summed E-state index contributed by atoms with van der Waals surface area (Å²) in [7, 11) is 0. The van der Waals surface area contributed by atoms with Crippen molar-refractivity contribution in [2.75, 3.05) is 0 Å². The van der Waals surface area contributed by atoms with E-state index in [1.54, 1.807) is 0 Å². The standard InChI is InChI=1S/C5H8O2S/c1-5(7-8-5)6-4-2-3-4/h4H,2-3H2,1H3. The fourth-order valence-corrected chi connectivity index (χ4v) is 0.919. The topological polar surface area (TPSA) is 21.8 Å². The van der Waals surface area contributed by atoms with Crippen LogP contribution in [0.2, 0.25) is 0 Å². The highest BCUT2D eigenvalue weighted by Gasteiger charge is 2.47. The molecule has 46 valence electrons. The monoisotopic (exact) mass is 132 g/mol. The molecule has 1 saturated carbocycles. The van der Waals surface area contributed by atoms with Crippen LogP contribution >= 0.6 is 12.0 Å². The van der Waals surface area contributed by atoms with Gasteiger partial charge in [0, 0.05) is 6.92 Å². The van der Waals surface area contributed by atoms with Gasteiger partial charge in [0.25, 0.3) is 5.12 Å². The molecular formula is C5H8O2S. The van der Waals surface area contributed by atoms with Crippen LogP contribution in [0.15, 0.2) is 0 Å². The predicted octanol–water partition coefficient (Wildman–Crippen LogP) is 1.52. The first-order valence-electron chi connectivity index (χ1n) is 2.83. The lowest BCUT2D eigenvalue weighted by Gasteiger charge is -2.00. The predicted molar refractivity (Wildman–Crippen MR) is 31.2 cm³/mol. The van der Waals surface area contributed by atoms with Crippen LogP contribution in [-0.4, -0.2) is 11.2 Å². The molecule has 0 N–H and O–H groups in total. The largest absolute Gasteiger partial charge is 0.336 e. The lowest BCUT2D eigenvalue weighted by molar-refractivity contribution is -0.0391. The Kier molecular flexibility index (Phi) is 0.892. The molecule has 2 aliphatic rings. The van der Waals surface area contributed by atoms with E-state index in [-0.39, 0.29) is 5.12 Å². The molecule has 0 aromatic carbocycles. The van der Waals surface area contributed by atoms with E-state index in [9.17, 15) is 0 Å². The summed E-state index contributed by atoms with van der Waals surface area (Å²) in [6.07, 6.45) is 2.95. The summed E-state index contributed by atoms with van der Waals surface area (Å²) in [6.45, 7) is 1.95. The number of hydrogen-bond donors (Lipinski definition) is 0. The summed E-state index contributed by atoms with van der Waals surface area (Å²) in [4.78, 5) is 0. The van der Waals surface area contributed by atoms with E-state index in [2.05, 4.69) is 0 Å². The van der Waals surface area contributed by atoms with Crippen LogP contribution in [0.4, 0.5) is 0 Å². The highest BCUT2D eigenvalue weighted by atomic mass is 32.2. The Labute approximate surface area is 52.7 Å². The molecule has 0 radical (unpaired) electrons. The van der Waals surface area contributed by atoms with Gasteiger partial charge in [0.05, 0.1) is 18.1 Å². The first-order chi connectivity index (χ1) is 3.79. The second-order valence-corrected chi connectivity index (χ2v) is 3.42. The Morgan fingerprint density at radius 3 is 2.75 bits per heavy atom. The quantitative estimate of drug-likeness (QED) is 0.420. The van der Waals surface area contributed by atoms with Gasteiger partial charge in [-0.3, -0.25) is 4.18 Å². The normalized spacial score (nSPS) is 44.6. The molecule has 2 rings (SSSR count). The van der Waals surface area contributed by atoms with Crippen LogP contribution in [0.5, 0.6) is 0 Å². The van der Waals surface area contributed by atoms with Crippen LogP contribution in [0.1, 0.15) is 19.8 Å². The van der Waals surface area contributed by atoms with Gasteiger partial charge in [0.1, 0.15) is 0 Å². The van der Waals surface area contributed by atoms with Crippen LogP contribution in [-0.2, 0) is 8.92 Å². The molecule has 1 heterocycles. The number of ether oxygens (including phenoxy) is 1. The Hall–Kier alpha value is 0.270. The van der Waals surface area contributed by atoms with Crippen LogP contribution in [0.25, 0.3) is 0 Å². The van der Waals surface area contributed by atoms with Crippen molar-refractivity contribution in [3.05, 3.63) is 0 Å². The van der Waals surface area contributed by atoms with Crippen molar-refractivity contribution >= 4 is 12.0 Å². The molecule has 2 fully saturated rings. The smallest absolute Gasteiger partial charge is 0.253 e. The highest BCUT2D eigenvalue weighted by Crippen LogP contribution is 2.50. The molecule has 0 aromatic rings. The molecule has 1 atom stereocenters. The molecular weight excluding hydrogens is 124 g/mol. The van der Waals surface area contributed by atoms with Gasteiger partial charge >= 0.3 is 0 Å². The zero-order valence-corrected chi connectivity index (χ0v) is 5.53. The minimum atomic E-state index is -0.249. The van der Waals surface area contributed by atoms with Crippen molar-refractivity contribution in [2.24, 2.45) is 0 Å². The molecule has 8 heavy (non-hydrogen) atoms. The Morgan fingerprint density at radius 2 is 2.38 bits per heavy atom. The van der Waals surface area contributed by atoms with Gasteiger partial charge in [-0.1, -0.05) is 0 Å². The van der Waals surface area contributed by atoms with Gasteiger partial charge in [-0.25, -0.2) is 0 Å². The van der Waals surface area contributed by atoms with Crippen LogP contribution < -0.4 is 0 Å². The molecule has 0 amide bonds. The molecule has 0 spiro atoms. The fourth-order valence-electron chi connectivity index (χ4n) is 0.587. The molecule has 0 bridgehead atoms. The summed E-state index contributed by atoms with van der Waals surface area (Å²) < 4.78 is 10.3. The third-order valence-corrected chi connectivity index (χ3v) is 1.96. The van der Waals surface area contributed by atoms with Crippen molar-refractivity contribution < 1.29 is 8.92 Å². The zero-order chi connectivity index (χ0) is 5.61. The van der Waals surface area contributed by atoms with Crippen molar-refractivity contribution in [3.63, 3.8) is 0 Å². The number of hydrogen-bond acceptors (Lipinski definition) is 3. The van der Waals surface area contributed by atoms with Crippen molar-refractivity contribution in [1.82, 2.24) is 0 Å². The lowest BCUT2D eigenvalue weighted by Crippen LogP contribution is -2.08. The van der Waals surface area contributed by atoms with E-state index >= 15 is 0 Å². The maximum Gasteiger partial charge on any atom is 0.253 e. The average molecular weight is 132 g/mol. The molecule has 1 aliphatic heterocycles. The van der Waals surface area contributed by atoms with Gasteiger partial charge < -0.3 is 4.74 Å². The van der Waals surface area contributed by atoms with Crippen LogP contribution in [0.3, 0.4) is 0 Å². The minimum Gasteiger partial charge on any atom is -0.336 e. The SMILES string of the molecule is CC1(OC2CC2)OS1. The maximum atomic E-state index is 5.40.